The first kappa shape index (κ1) is 13.1. The summed E-state index contributed by atoms with van der Waals surface area (Å²) in [6.07, 6.45) is 1.75. The fourth-order valence-corrected chi connectivity index (χ4v) is 2.33. The topological polar surface area (TPSA) is 60.2 Å². The van der Waals surface area contributed by atoms with E-state index in [1.165, 1.54) is 11.3 Å². The fraction of sp³-hybridized carbons (Fsp3) is 0.250. The number of hydrogen-bond donors (Lipinski definition) is 2. The summed E-state index contributed by atoms with van der Waals surface area (Å²) in [7, 11) is 0. The van der Waals surface area contributed by atoms with Crippen LogP contribution in [0.4, 0.5) is 5.13 Å². The standard InChI is InChI=1S/C12H14ClN3OS/c1-7-3-9(4-8(2)11(7)13)17-6-10-5-15-12(16-14)18-10/h3-5H,6,14H2,1-2H3,(H,15,16). The minimum atomic E-state index is 0.472. The third-order valence-electron chi connectivity index (χ3n) is 2.47. The van der Waals surface area contributed by atoms with E-state index in [2.05, 4.69) is 10.4 Å². The number of thiazole rings is 1. The van der Waals surface area contributed by atoms with Crippen molar-refractivity contribution >= 4 is 28.1 Å². The molecular weight excluding hydrogens is 270 g/mol. The molecule has 0 fully saturated rings. The Balaban J connectivity index is 2.06. The second-order valence-electron chi connectivity index (χ2n) is 3.94. The molecule has 1 aromatic heterocycles. The van der Waals surface area contributed by atoms with Crippen molar-refractivity contribution < 1.29 is 4.74 Å². The molecule has 0 amide bonds. The summed E-state index contributed by atoms with van der Waals surface area (Å²) in [5.74, 6) is 6.08. The Hall–Kier alpha value is -1.30. The normalized spacial score (nSPS) is 10.4. The van der Waals surface area contributed by atoms with Gasteiger partial charge in [0.15, 0.2) is 5.13 Å². The number of nitrogens with one attached hydrogen (secondary N) is 1. The Morgan fingerprint density at radius 3 is 2.61 bits per heavy atom. The van der Waals surface area contributed by atoms with Gasteiger partial charge in [0, 0.05) is 11.2 Å². The molecule has 1 heterocycles. The molecule has 0 bridgehead atoms. The van der Waals surface area contributed by atoms with Gasteiger partial charge in [-0.15, -0.1) is 0 Å². The second-order valence-corrected chi connectivity index (χ2v) is 5.43. The number of hydrazine groups is 1. The monoisotopic (exact) mass is 283 g/mol. The molecule has 2 rings (SSSR count). The van der Waals surface area contributed by atoms with Crippen molar-refractivity contribution in [1.29, 1.82) is 0 Å². The molecule has 0 aliphatic rings. The van der Waals surface area contributed by atoms with Crippen molar-refractivity contribution in [2.75, 3.05) is 5.43 Å². The van der Waals surface area contributed by atoms with Crippen LogP contribution in [-0.4, -0.2) is 4.98 Å². The van der Waals surface area contributed by atoms with Crippen LogP contribution in [0.15, 0.2) is 18.3 Å². The van der Waals surface area contributed by atoms with Crippen LogP contribution in [0.1, 0.15) is 16.0 Å². The molecule has 0 unspecified atom stereocenters. The summed E-state index contributed by atoms with van der Waals surface area (Å²) in [5.41, 5.74) is 4.53. The number of halogens is 1. The van der Waals surface area contributed by atoms with Crippen LogP contribution in [0.2, 0.25) is 5.02 Å². The van der Waals surface area contributed by atoms with Gasteiger partial charge < -0.3 is 4.74 Å². The van der Waals surface area contributed by atoms with Crippen LogP contribution >= 0.6 is 22.9 Å². The summed E-state index contributed by atoms with van der Waals surface area (Å²) in [4.78, 5) is 5.09. The molecule has 0 saturated heterocycles. The first-order chi connectivity index (χ1) is 8.60. The average molecular weight is 284 g/mol. The van der Waals surface area contributed by atoms with Crippen LogP contribution in [0, 0.1) is 13.8 Å². The maximum atomic E-state index is 6.10. The van der Waals surface area contributed by atoms with Crippen LogP contribution in [-0.2, 0) is 6.61 Å². The predicted molar refractivity (Wildman–Crippen MR) is 75.2 cm³/mol. The van der Waals surface area contributed by atoms with Gasteiger partial charge in [0.2, 0.25) is 0 Å². The van der Waals surface area contributed by atoms with Crippen LogP contribution in [0.3, 0.4) is 0 Å². The third-order valence-corrected chi connectivity index (χ3v) is 3.97. The van der Waals surface area contributed by atoms with E-state index in [1.807, 2.05) is 26.0 Å². The van der Waals surface area contributed by atoms with Gasteiger partial charge in [0.1, 0.15) is 12.4 Å². The SMILES string of the molecule is Cc1cc(OCc2cnc(NN)s2)cc(C)c1Cl. The summed E-state index contributed by atoms with van der Waals surface area (Å²) < 4.78 is 5.71. The smallest absolute Gasteiger partial charge is 0.197 e. The molecule has 18 heavy (non-hydrogen) atoms. The number of ether oxygens (including phenoxy) is 1. The van der Waals surface area contributed by atoms with Gasteiger partial charge in [-0.1, -0.05) is 22.9 Å². The van der Waals surface area contributed by atoms with Gasteiger partial charge in [0.25, 0.3) is 0 Å². The number of hydrogen-bond acceptors (Lipinski definition) is 5. The number of nitrogens with zero attached hydrogens (tertiary/aromatic N) is 1. The minimum absolute atomic E-state index is 0.472. The number of benzene rings is 1. The lowest BCUT2D eigenvalue weighted by molar-refractivity contribution is 0.309. The van der Waals surface area contributed by atoms with Crippen molar-refractivity contribution in [3.05, 3.63) is 39.4 Å². The van der Waals surface area contributed by atoms with Crippen molar-refractivity contribution in [1.82, 2.24) is 4.98 Å². The lowest BCUT2D eigenvalue weighted by atomic mass is 10.1. The maximum absolute atomic E-state index is 6.10. The summed E-state index contributed by atoms with van der Waals surface area (Å²) in [5, 5.41) is 1.46. The highest BCUT2D eigenvalue weighted by Crippen LogP contribution is 2.27. The average Bonchev–Trinajstić information content (AvgIpc) is 2.81. The quantitative estimate of drug-likeness (QED) is 0.668. The van der Waals surface area contributed by atoms with E-state index in [0.717, 1.165) is 26.8 Å². The Kier molecular flexibility index (Phi) is 4.06. The Morgan fingerprint density at radius 2 is 2.06 bits per heavy atom. The number of aromatic nitrogens is 1. The molecule has 0 aliphatic carbocycles. The van der Waals surface area contributed by atoms with Crippen molar-refractivity contribution in [3.63, 3.8) is 0 Å². The molecule has 0 spiro atoms. The zero-order valence-electron chi connectivity index (χ0n) is 10.2. The first-order valence-corrected chi connectivity index (χ1v) is 6.60. The summed E-state index contributed by atoms with van der Waals surface area (Å²) in [6, 6.07) is 3.86. The van der Waals surface area contributed by atoms with E-state index in [0.29, 0.717) is 11.7 Å². The van der Waals surface area contributed by atoms with Gasteiger partial charge in [-0.25, -0.2) is 10.8 Å². The Morgan fingerprint density at radius 1 is 1.39 bits per heavy atom. The molecule has 1 aromatic carbocycles. The van der Waals surface area contributed by atoms with Gasteiger partial charge in [-0.2, -0.15) is 0 Å². The van der Waals surface area contributed by atoms with E-state index in [4.69, 9.17) is 22.2 Å². The zero-order valence-corrected chi connectivity index (χ0v) is 11.7. The first-order valence-electron chi connectivity index (χ1n) is 5.41. The van der Waals surface area contributed by atoms with Gasteiger partial charge in [-0.3, -0.25) is 5.43 Å². The van der Waals surface area contributed by atoms with E-state index in [-0.39, 0.29) is 0 Å². The minimum Gasteiger partial charge on any atom is -0.488 e. The predicted octanol–water partition coefficient (Wildman–Crippen LogP) is 3.28. The summed E-state index contributed by atoms with van der Waals surface area (Å²) >= 11 is 7.57. The lowest BCUT2D eigenvalue weighted by Gasteiger charge is -2.08. The molecule has 0 atom stereocenters. The number of anilines is 1. The van der Waals surface area contributed by atoms with Crippen LogP contribution < -0.4 is 16.0 Å². The third kappa shape index (κ3) is 2.93. The van der Waals surface area contributed by atoms with E-state index in [9.17, 15) is 0 Å². The molecule has 0 aliphatic heterocycles. The molecule has 0 radical (unpaired) electrons. The van der Waals surface area contributed by atoms with Crippen LogP contribution in [0.5, 0.6) is 5.75 Å². The highest BCUT2D eigenvalue weighted by Gasteiger charge is 2.05. The maximum Gasteiger partial charge on any atom is 0.197 e. The number of rotatable bonds is 4. The highest BCUT2D eigenvalue weighted by molar-refractivity contribution is 7.15. The molecule has 2 aromatic rings. The second kappa shape index (κ2) is 5.56. The van der Waals surface area contributed by atoms with Gasteiger partial charge in [0.05, 0.1) is 4.88 Å². The van der Waals surface area contributed by atoms with Gasteiger partial charge >= 0.3 is 0 Å². The Labute approximate surface area is 115 Å². The molecule has 0 saturated carbocycles. The van der Waals surface area contributed by atoms with E-state index < -0.39 is 0 Å². The number of aryl methyl sites for hydroxylation is 2. The largest absolute Gasteiger partial charge is 0.488 e. The van der Waals surface area contributed by atoms with Crippen molar-refractivity contribution in [2.24, 2.45) is 5.84 Å². The fourth-order valence-electron chi connectivity index (χ4n) is 1.58. The van der Waals surface area contributed by atoms with Gasteiger partial charge in [-0.05, 0) is 37.1 Å². The van der Waals surface area contributed by atoms with Crippen molar-refractivity contribution in [2.45, 2.75) is 20.5 Å². The zero-order chi connectivity index (χ0) is 13.1. The highest BCUT2D eigenvalue weighted by atomic mass is 35.5. The molecular formula is C12H14ClN3OS. The summed E-state index contributed by atoms with van der Waals surface area (Å²) in [6.45, 7) is 4.40. The molecule has 4 nitrogen and oxygen atoms in total. The number of nitrogens with two attached hydrogens (primary N) is 1. The molecule has 96 valence electrons. The molecule has 6 heteroatoms. The van der Waals surface area contributed by atoms with E-state index in [1.54, 1.807) is 6.20 Å². The van der Waals surface area contributed by atoms with E-state index >= 15 is 0 Å². The van der Waals surface area contributed by atoms with Crippen molar-refractivity contribution in [3.8, 4) is 5.75 Å². The lowest BCUT2D eigenvalue weighted by Crippen LogP contribution is -2.05. The number of nitrogen functional groups attached to an aromatic ring is 1. The van der Waals surface area contributed by atoms with Crippen LogP contribution in [0.25, 0.3) is 0 Å². The Bertz CT molecular complexity index is 533. The molecule has 3 N–H and O–H groups in total.